The third-order valence-electron chi connectivity index (χ3n) is 4.45. The summed E-state index contributed by atoms with van der Waals surface area (Å²) in [5.74, 6) is 0.0693. The van der Waals surface area contributed by atoms with E-state index in [-0.39, 0.29) is 22.7 Å². The molecule has 1 aliphatic heterocycles. The number of nitrogens with zero attached hydrogens (tertiary/aromatic N) is 2. The Morgan fingerprint density at radius 2 is 1.67 bits per heavy atom. The normalized spacial score (nSPS) is 17.4. The van der Waals surface area contributed by atoms with E-state index in [0.29, 0.717) is 12.1 Å². The summed E-state index contributed by atoms with van der Waals surface area (Å²) < 4.78 is 26.9. The lowest BCUT2D eigenvalue weighted by Crippen LogP contribution is -2.42. The van der Waals surface area contributed by atoms with Gasteiger partial charge in [-0.3, -0.25) is 14.5 Å². The minimum absolute atomic E-state index is 0.00656. The van der Waals surface area contributed by atoms with Crippen LogP contribution in [0, 0.1) is 0 Å². The van der Waals surface area contributed by atoms with Crippen molar-refractivity contribution in [1.82, 2.24) is 9.62 Å². The molecule has 0 aliphatic carbocycles. The number of hydrogen-bond acceptors (Lipinski definition) is 4. The van der Waals surface area contributed by atoms with Crippen LogP contribution in [0.3, 0.4) is 0 Å². The first kappa shape index (κ1) is 19.1. The maximum atomic E-state index is 13.0. The Morgan fingerprint density at radius 3 is 2.33 bits per heavy atom. The van der Waals surface area contributed by atoms with Gasteiger partial charge in [0, 0.05) is 18.2 Å². The smallest absolute Gasteiger partial charge is 0.263 e. The van der Waals surface area contributed by atoms with Crippen LogP contribution in [0.15, 0.2) is 64.5 Å². The third-order valence-corrected chi connectivity index (χ3v) is 5.84. The van der Waals surface area contributed by atoms with Gasteiger partial charge in [0.25, 0.3) is 10.0 Å². The molecule has 0 unspecified atom stereocenters. The topological polar surface area (TPSA) is 78.8 Å². The number of rotatable bonds is 5. The molecule has 3 rings (SSSR count). The summed E-state index contributed by atoms with van der Waals surface area (Å²) in [4.78, 5) is 19.3. The summed E-state index contributed by atoms with van der Waals surface area (Å²) in [6, 6.07) is 15.7. The Kier molecular flexibility index (Phi) is 5.32. The fourth-order valence-corrected chi connectivity index (χ4v) is 4.25. The maximum absolute atomic E-state index is 13.0. The van der Waals surface area contributed by atoms with Gasteiger partial charge in [0.15, 0.2) is 0 Å². The van der Waals surface area contributed by atoms with Crippen molar-refractivity contribution >= 4 is 21.8 Å². The number of carbonyl (C=O) groups excluding carboxylic acids is 1. The monoisotopic (exact) mass is 385 g/mol. The minimum Gasteiger partial charge on any atom is -0.334 e. The number of sulfonamides is 1. The van der Waals surface area contributed by atoms with Gasteiger partial charge in [-0.1, -0.05) is 42.5 Å². The highest BCUT2D eigenvalue weighted by Crippen LogP contribution is 2.23. The lowest BCUT2D eigenvalue weighted by Gasteiger charge is -2.28. The molecule has 0 spiro atoms. The minimum atomic E-state index is -3.62. The molecular weight excluding hydrogens is 362 g/mol. The molecule has 0 aromatic heterocycles. The first-order valence-electron chi connectivity index (χ1n) is 8.84. The van der Waals surface area contributed by atoms with Crippen LogP contribution < -0.4 is 4.72 Å². The molecule has 0 saturated heterocycles. The standard InChI is InChI=1S/C20H23N3O3S/c1-14(2)23(13-16-9-5-4-6-10-16)20(24)15(3)21-19-17-11-7-8-12-18(17)27(25,26)22-19/h4-12,14-15H,13H2,1-3H3,(H,21,22)/t15-/m0/s1. The highest BCUT2D eigenvalue weighted by atomic mass is 32.2. The zero-order valence-corrected chi connectivity index (χ0v) is 16.4. The van der Waals surface area contributed by atoms with Crippen molar-refractivity contribution in [3.05, 3.63) is 65.7 Å². The summed E-state index contributed by atoms with van der Waals surface area (Å²) in [7, 11) is -3.62. The first-order valence-corrected chi connectivity index (χ1v) is 10.3. The van der Waals surface area contributed by atoms with Crippen LogP contribution in [-0.4, -0.2) is 37.1 Å². The molecule has 1 amide bonds. The predicted octanol–water partition coefficient (Wildman–Crippen LogP) is 2.55. The lowest BCUT2D eigenvalue weighted by molar-refractivity contribution is -0.134. The van der Waals surface area contributed by atoms with E-state index in [4.69, 9.17) is 0 Å². The SMILES string of the molecule is CC(C)N(Cc1ccccc1)C(=O)[C@H](C)N=C1NS(=O)(=O)c2ccccc21. The predicted molar refractivity (Wildman–Crippen MR) is 105 cm³/mol. The molecule has 0 radical (unpaired) electrons. The second kappa shape index (κ2) is 7.52. The zero-order chi connectivity index (χ0) is 19.6. The van der Waals surface area contributed by atoms with Crippen molar-refractivity contribution in [1.29, 1.82) is 0 Å². The molecular formula is C20H23N3O3S. The molecule has 27 heavy (non-hydrogen) atoms. The van der Waals surface area contributed by atoms with Crippen LogP contribution in [0.5, 0.6) is 0 Å². The number of nitrogens with one attached hydrogen (secondary N) is 1. The Labute approximate surface area is 160 Å². The van der Waals surface area contributed by atoms with E-state index in [2.05, 4.69) is 9.71 Å². The van der Waals surface area contributed by atoms with Crippen LogP contribution in [0.2, 0.25) is 0 Å². The number of fused-ring (bicyclic) bond motifs is 1. The molecule has 1 aliphatic rings. The van der Waals surface area contributed by atoms with Crippen molar-refractivity contribution in [3.63, 3.8) is 0 Å². The van der Waals surface area contributed by atoms with E-state index in [0.717, 1.165) is 5.56 Å². The number of benzene rings is 2. The molecule has 2 aromatic rings. The van der Waals surface area contributed by atoms with Gasteiger partial charge in [0.1, 0.15) is 11.9 Å². The zero-order valence-electron chi connectivity index (χ0n) is 15.6. The van der Waals surface area contributed by atoms with Gasteiger partial charge in [0.2, 0.25) is 5.91 Å². The molecule has 2 aromatic carbocycles. The Balaban J connectivity index is 1.85. The van der Waals surface area contributed by atoms with E-state index in [1.807, 2.05) is 44.2 Å². The summed E-state index contributed by atoms with van der Waals surface area (Å²) in [6.45, 7) is 6.07. The van der Waals surface area contributed by atoms with E-state index in [1.54, 1.807) is 30.0 Å². The van der Waals surface area contributed by atoms with Crippen LogP contribution >= 0.6 is 0 Å². The first-order chi connectivity index (χ1) is 12.8. The van der Waals surface area contributed by atoms with Crippen LogP contribution in [-0.2, 0) is 21.4 Å². The molecule has 142 valence electrons. The van der Waals surface area contributed by atoms with Crippen LogP contribution in [0.1, 0.15) is 31.9 Å². The molecule has 1 atom stereocenters. The van der Waals surface area contributed by atoms with Crippen molar-refractivity contribution in [2.75, 3.05) is 0 Å². The van der Waals surface area contributed by atoms with Crippen molar-refractivity contribution < 1.29 is 13.2 Å². The maximum Gasteiger partial charge on any atom is 0.263 e. The van der Waals surface area contributed by atoms with Crippen LogP contribution in [0.4, 0.5) is 0 Å². The number of amides is 1. The average molecular weight is 385 g/mol. The second-order valence-electron chi connectivity index (χ2n) is 6.80. The fraction of sp³-hybridized carbons (Fsp3) is 0.300. The van der Waals surface area contributed by atoms with Crippen molar-refractivity contribution in [3.8, 4) is 0 Å². The number of amidine groups is 1. The third kappa shape index (κ3) is 4.03. The van der Waals surface area contributed by atoms with Crippen molar-refractivity contribution in [2.45, 2.75) is 44.3 Å². The summed E-state index contributed by atoms with van der Waals surface area (Å²) in [6.07, 6.45) is 0. The molecule has 7 heteroatoms. The fourth-order valence-electron chi connectivity index (χ4n) is 3.01. The van der Waals surface area contributed by atoms with E-state index in [1.165, 1.54) is 6.07 Å². The Hall–Kier alpha value is -2.67. The number of carbonyl (C=O) groups is 1. The van der Waals surface area contributed by atoms with E-state index >= 15 is 0 Å². The van der Waals surface area contributed by atoms with Gasteiger partial charge in [-0.15, -0.1) is 0 Å². The van der Waals surface area contributed by atoms with Gasteiger partial charge >= 0.3 is 0 Å². The molecule has 1 heterocycles. The van der Waals surface area contributed by atoms with E-state index in [9.17, 15) is 13.2 Å². The Bertz CT molecular complexity index is 969. The van der Waals surface area contributed by atoms with Crippen molar-refractivity contribution in [2.24, 2.45) is 4.99 Å². The summed E-state index contributed by atoms with van der Waals surface area (Å²) in [5, 5.41) is 0. The van der Waals surface area contributed by atoms with E-state index < -0.39 is 16.1 Å². The number of hydrogen-bond donors (Lipinski definition) is 1. The molecule has 0 bridgehead atoms. The quantitative estimate of drug-likeness (QED) is 0.859. The summed E-state index contributed by atoms with van der Waals surface area (Å²) >= 11 is 0. The summed E-state index contributed by atoms with van der Waals surface area (Å²) in [5.41, 5.74) is 1.53. The second-order valence-corrected chi connectivity index (χ2v) is 8.45. The molecule has 1 N–H and O–H groups in total. The highest BCUT2D eigenvalue weighted by Gasteiger charge is 2.32. The van der Waals surface area contributed by atoms with Gasteiger partial charge in [-0.2, -0.15) is 0 Å². The van der Waals surface area contributed by atoms with Gasteiger partial charge in [-0.05, 0) is 38.5 Å². The Morgan fingerprint density at radius 1 is 1.04 bits per heavy atom. The largest absolute Gasteiger partial charge is 0.334 e. The average Bonchev–Trinajstić information content (AvgIpc) is 2.90. The van der Waals surface area contributed by atoms with Gasteiger partial charge < -0.3 is 4.90 Å². The molecule has 6 nitrogen and oxygen atoms in total. The van der Waals surface area contributed by atoms with Gasteiger partial charge in [0.05, 0.1) is 4.90 Å². The lowest BCUT2D eigenvalue weighted by atomic mass is 10.1. The van der Waals surface area contributed by atoms with Crippen LogP contribution in [0.25, 0.3) is 0 Å². The number of aliphatic imine (C=N–C) groups is 1. The van der Waals surface area contributed by atoms with Gasteiger partial charge in [-0.25, -0.2) is 8.42 Å². The molecule has 0 fully saturated rings. The highest BCUT2D eigenvalue weighted by molar-refractivity contribution is 7.90. The molecule has 0 saturated carbocycles.